The number of nitrogens with two attached hydrogens (primary N) is 1. The first-order valence-corrected chi connectivity index (χ1v) is 7.39. The summed E-state index contributed by atoms with van der Waals surface area (Å²) in [5, 5.41) is 0. The maximum atomic E-state index is 12.9. The van der Waals surface area contributed by atoms with Crippen molar-refractivity contribution in [1.29, 1.82) is 0 Å². The molecule has 5 nitrogen and oxygen atoms in total. The van der Waals surface area contributed by atoms with Crippen molar-refractivity contribution in [2.75, 3.05) is 5.43 Å². The van der Waals surface area contributed by atoms with Crippen LogP contribution in [0.3, 0.4) is 0 Å². The number of hydrogen-bond acceptors (Lipinski definition) is 4. The van der Waals surface area contributed by atoms with Gasteiger partial charge >= 0.3 is 0 Å². The summed E-state index contributed by atoms with van der Waals surface area (Å²) in [4.78, 5) is 11.6. The van der Waals surface area contributed by atoms with Crippen LogP contribution in [-0.4, -0.2) is 5.91 Å². The molecular formula is C17H23FN4O. The highest BCUT2D eigenvalue weighted by molar-refractivity contribution is 5.94. The molecule has 0 spiro atoms. The van der Waals surface area contributed by atoms with Crippen LogP contribution in [0.1, 0.15) is 42.7 Å². The lowest BCUT2D eigenvalue weighted by molar-refractivity contribution is 0.0953. The van der Waals surface area contributed by atoms with Crippen LogP contribution >= 0.6 is 0 Å². The van der Waals surface area contributed by atoms with Crippen LogP contribution in [0.4, 0.5) is 10.1 Å². The van der Waals surface area contributed by atoms with Crippen LogP contribution in [0, 0.1) is 0 Å². The fourth-order valence-corrected chi connectivity index (χ4v) is 2.12. The molecule has 1 aromatic rings. The Kier molecular flexibility index (Phi) is 7.18. The Morgan fingerprint density at radius 2 is 2.09 bits per heavy atom. The van der Waals surface area contributed by atoms with Gasteiger partial charge in [-0.15, -0.1) is 0 Å². The summed E-state index contributed by atoms with van der Waals surface area (Å²) in [5.74, 6) is 4.48. The zero-order valence-corrected chi connectivity index (χ0v) is 13.6. The van der Waals surface area contributed by atoms with E-state index in [1.165, 1.54) is 13.0 Å². The molecule has 0 fully saturated rings. The molecule has 0 radical (unpaired) electrons. The van der Waals surface area contributed by atoms with Crippen LogP contribution in [0.5, 0.6) is 0 Å². The molecule has 0 aliphatic carbocycles. The molecule has 0 bridgehead atoms. The van der Waals surface area contributed by atoms with Gasteiger partial charge in [0.25, 0.3) is 5.91 Å². The summed E-state index contributed by atoms with van der Waals surface area (Å²) < 4.78 is 12.9. The van der Waals surface area contributed by atoms with Gasteiger partial charge in [0, 0.05) is 11.1 Å². The highest BCUT2D eigenvalue weighted by atomic mass is 19.1. The van der Waals surface area contributed by atoms with Gasteiger partial charge in [-0.25, -0.2) is 15.7 Å². The van der Waals surface area contributed by atoms with E-state index in [0.29, 0.717) is 5.56 Å². The van der Waals surface area contributed by atoms with E-state index < -0.39 is 0 Å². The molecule has 1 heterocycles. The number of nitrogens with one attached hydrogen (secondary N) is 3. The molecule has 1 amide bonds. The van der Waals surface area contributed by atoms with Gasteiger partial charge in [-0.3, -0.25) is 10.2 Å². The maximum absolute atomic E-state index is 12.9. The molecule has 1 atom stereocenters. The summed E-state index contributed by atoms with van der Waals surface area (Å²) in [6, 6.07) is 4.96. The summed E-state index contributed by atoms with van der Waals surface area (Å²) in [6.45, 7) is 9.11. The number of halogens is 1. The number of hydrazine groups is 2. The molecule has 1 unspecified atom stereocenters. The number of nitrogen functional groups attached to an aromatic ring is 1. The highest BCUT2D eigenvalue weighted by Gasteiger charge is 2.24. The smallest absolute Gasteiger partial charge is 0.265 e. The van der Waals surface area contributed by atoms with Crippen molar-refractivity contribution < 1.29 is 9.18 Å². The van der Waals surface area contributed by atoms with Gasteiger partial charge in [0.2, 0.25) is 0 Å². The third-order valence-electron chi connectivity index (χ3n) is 3.18. The lowest BCUT2D eigenvalue weighted by Gasteiger charge is -2.12. The average molecular weight is 318 g/mol. The molecule has 0 saturated heterocycles. The largest absolute Gasteiger partial charge is 0.320 e. The standard InChI is InChI=1S/C15H17FN4O.C2H6/c1-3-10(5-4-9(2)16)14-12-8-11(15(21)18-17)6-7-13(12)19-20-14;1-2/h3-8,14,19-20H,1,17H2,2H3,(H,18,21);1-2H3/b9-4+,10-5+;. The van der Waals surface area contributed by atoms with Crippen LogP contribution in [-0.2, 0) is 0 Å². The van der Waals surface area contributed by atoms with E-state index in [2.05, 4.69) is 22.9 Å². The van der Waals surface area contributed by atoms with Crippen molar-refractivity contribution in [3.05, 3.63) is 65.5 Å². The number of rotatable bonds is 4. The number of fused-ring (bicyclic) bond motifs is 1. The lowest BCUT2D eigenvalue weighted by atomic mass is 9.97. The predicted molar refractivity (Wildman–Crippen MR) is 92.1 cm³/mol. The van der Waals surface area contributed by atoms with Gasteiger partial charge in [-0.1, -0.05) is 32.6 Å². The maximum Gasteiger partial charge on any atom is 0.265 e. The minimum absolute atomic E-state index is 0.223. The molecular weight excluding hydrogens is 295 g/mol. The highest BCUT2D eigenvalue weighted by Crippen LogP contribution is 2.34. The van der Waals surface area contributed by atoms with Crippen molar-refractivity contribution in [2.45, 2.75) is 26.8 Å². The molecule has 1 aromatic carbocycles. The van der Waals surface area contributed by atoms with E-state index in [1.807, 2.05) is 13.8 Å². The average Bonchev–Trinajstić information content (AvgIpc) is 2.99. The fraction of sp³-hybridized carbons (Fsp3) is 0.235. The van der Waals surface area contributed by atoms with E-state index in [1.54, 1.807) is 30.4 Å². The normalized spacial score (nSPS) is 16.7. The second kappa shape index (κ2) is 8.87. The fourth-order valence-electron chi connectivity index (χ4n) is 2.12. The Balaban J connectivity index is 0.00000127. The van der Waals surface area contributed by atoms with Gasteiger partial charge in [-0.2, -0.15) is 0 Å². The first-order valence-electron chi connectivity index (χ1n) is 7.39. The Bertz CT molecular complexity index is 633. The Morgan fingerprint density at radius 1 is 1.39 bits per heavy atom. The van der Waals surface area contributed by atoms with Crippen molar-refractivity contribution in [3.8, 4) is 0 Å². The summed E-state index contributed by atoms with van der Waals surface area (Å²) >= 11 is 0. The first-order chi connectivity index (χ1) is 11.1. The molecule has 6 heteroatoms. The van der Waals surface area contributed by atoms with Crippen LogP contribution < -0.4 is 22.1 Å². The van der Waals surface area contributed by atoms with E-state index in [4.69, 9.17) is 5.84 Å². The number of allylic oxidation sites excluding steroid dienone is 3. The van der Waals surface area contributed by atoms with Crippen molar-refractivity contribution in [2.24, 2.45) is 5.84 Å². The number of carbonyl (C=O) groups is 1. The topological polar surface area (TPSA) is 79.2 Å². The second-order valence-corrected chi connectivity index (χ2v) is 4.60. The molecule has 2 rings (SSSR count). The number of carbonyl (C=O) groups excluding carboxylic acids is 1. The van der Waals surface area contributed by atoms with E-state index in [-0.39, 0.29) is 17.8 Å². The predicted octanol–water partition coefficient (Wildman–Crippen LogP) is 3.27. The van der Waals surface area contributed by atoms with Crippen molar-refractivity contribution in [3.63, 3.8) is 0 Å². The molecule has 124 valence electrons. The van der Waals surface area contributed by atoms with Gasteiger partial charge in [-0.05, 0) is 36.8 Å². The third kappa shape index (κ3) is 4.51. The summed E-state index contributed by atoms with van der Waals surface area (Å²) in [7, 11) is 0. The summed E-state index contributed by atoms with van der Waals surface area (Å²) in [5.41, 5.74) is 11.1. The molecule has 1 aliphatic rings. The molecule has 0 saturated carbocycles. The number of benzene rings is 1. The van der Waals surface area contributed by atoms with Gasteiger partial charge in [0.1, 0.15) is 0 Å². The van der Waals surface area contributed by atoms with E-state index in [0.717, 1.165) is 16.8 Å². The van der Waals surface area contributed by atoms with Crippen LogP contribution in [0.2, 0.25) is 0 Å². The minimum atomic E-state index is -0.368. The van der Waals surface area contributed by atoms with E-state index >= 15 is 0 Å². The minimum Gasteiger partial charge on any atom is -0.320 e. The Labute approximate surface area is 136 Å². The number of anilines is 1. The van der Waals surface area contributed by atoms with E-state index in [9.17, 15) is 9.18 Å². The molecule has 0 aromatic heterocycles. The second-order valence-electron chi connectivity index (χ2n) is 4.60. The lowest BCUT2D eigenvalue weighted by Crippen LogP contribution is -2.30. The monoisotopic (exact) mass is 318 g/mol. The van der Waals surface area contributed by atoms with Crippen molar-refractivity contribution >= 4 is 11.6 Å². The SMILES string of the molecule is C=C/C(=C\C=C(/C)F)C1NNc2ccc(C(=O)NN)cc21.CC. The molecule has 23 heavy (non-hydrogen) atoms. The first kappa shape index (κ1) is 18.6. The molecule has 5 N–H and O–H groups in total. The van der Waals surface area contributed by atoms with Crippen molar-refractivity contribution in [1.82, 2.24) is 10.9 Å². The number of hydrogen-bond donors (Lipinski definition) is 4. The summed E-state index contributed by atoms with van der Waals surface area (Å²) in [6.07, 6.45) is 4.66. The Hall–Kier alpha value is -2.44. The zero-order valence-electron chi connectivity index (χ0n) is 13.6. The number of amides is 1. The zero-order chi connectivity index (χ0) is 17.4. The van der Waals surface area contributed by atoms with Gasteiger partial charge in [0.15, 0.2) is 0 Å². The Morgan fingerprint density at radius 3 is 2.65 bits per heavy atom. The van der Waals surface area contributed by atoms with Gasteiger partial charge in [0.05, 0.1) is 17.6 Å². The quantitative estimate of drug-likeness (QED) is 0.297. The van der Waals surface area contributed by atoms with Crippen LogP contribution in [0.15, 0.2) is 54.4 Å². The van der Waals surface area contributed by atoms with Gasteiger partial charge < -0.3 is 5.43 Å². The van der Waals surface area contributed by atoms with Crippen LogP contribution in [0.25, 0.3) is 0 Å². The molecule has 1 aliphatic heterocycles. The third-order valence-corrected chi connectivity index (χ3v) is 3.18.